The molecule has 1 heterocycles. The van der Waals surface area contributed by atoms with Crippen LogP contribution in [0.3, 0.4) is 0 Å². The highest BCUT2D eigenvalue weighted by Crippen LogP contribution is 2.36. The summed E-state index contributed by atoms with van der Waals surface area (Å²) in [4.78, 5) is 43.9. The number of hydrogen-bond donors (Lipinski definition) is 1. The number of carboxylic acid groups (broad SMARTS) is 1. The summed E-state index contributed by atoms with van der Waals surface area (Å²) in [5.41, 5.74) is 4.40. The summed E-state index contributed by atoms with van der Waals surface area (Å²) < 4.78 is 0. The Morgan fingerprint density at radius 3 is 2.24 bits per heavy atom. The molecule has 0 spiro atoms. The molecule has 1 aliphatic heterocycles. The first kappa shape index (κ1) is 28.1. The van der Waals surface area contributed by atoms with Crippen molar-refractivity contribution in [2.45, 2.75) is 64.0 Å². The molecule has 8 nitrogen and oxygen atoms in total. The van der Waals surface area contributed by atoms with Crippen molar-refractivity contribution in [3.63, 3.8) is 0 Å². The average Bonchev–Trinajstić information content (AvgIpc) is 3.55. The van der Waals surface area contributed by atoms with Crippen LogP contribution < -0.4 is 0 Å². The lowest BCUT2D eigenvalue weighted by Gasteiger charge is -2.43. The van der Waals surface area contributed by atoms with E-state index < -0.39 is 11.5 Å². The van der Waals surface area contributed by atoms with Gasteiger partial charge in [-0.3, -0.25) is 9.59 Å². The van der Waals surface area contributed by atoms with Crippen LogP contribution in [-0.4, -0.2) is 45.7 Å². The van der Waals surface area contributed by atoms with Crippen LogP contribution in [0, 0.1) is 0 Å². The van der Waals surface area contributed by atoms with Crippen LogP contribution in [0.2, 0.25) is 0 Å². The molecule has 210 valence electrons. The Hall–Kier alpha value is -4.46. The second-order valence-corrected chi connectivity index (χ2v) is 10.6. The fourth-order valence-electron chi connectivity index (χ4n) is 5.61. The number of rotatable bonds is 10. The molecule has 8 heteroatoms. The zero-order chi connectivity index (χ0) is 28.8. The van der Waals surface area contributed by atoms with E-state index >= 15 is 0 Å². The number of benzene rings is 3. The molecule has 0 saturated heterocycles. The molecule has 0 radical (unpaired) electrons. The maximum Gasteiger partial charge on any atom is 0.329 e. The van der Waals surface area contributed by atoms with E-state index in [1.165, 1.54) is 4.90 Å². The molecule has 1 saturated carbocycles. The first-order valence-electron chi connectivity index (χ1n) is 14.2. The number of amides is 1. The lowest BCUT2D eigenvalue weighted by Crippen LogP contribution is -2.58. The van der Waals surface area contributed by atoms with Gasteiger partial charge in [-0.15, -0.1) is 5.11 Å². The van der Waals surface area contributed by atoms with Gasteiger partial charge in [-0.2, -0.15) is 5.11 Å². The predicted octanol–water partition coefficient (Wildman–Crippen LogP) is 6.68. The van der Waals surface area contributed by atoms with Gasteiger partial charge in [0.1, 0.15) is 11.3 Å². The number of amidine groups is 1. The van der Waals surface area contributed by atoms with Gasteiger partial charge in [-0.1, -0.05) is 74.0 Å². The van der Waals surface area contributed by atoms with Crippen molar-refractivity contribution in [1.29, 1.82) is 0 Å². The molecule has 41 heavy (non-hydrogen) atoms. The van der Waals surface area contributed by atoms with Crippen molar-refractivity contribution in [2.24, 2.45) is 15.2 Å². The normalized spacial score (nSPS) is 15.9. The van der Waals surface area contributed by atoms with E-state index in [2.05, 4.69) is 39.5 Å². The van der Waals surface area contributed by atoms with Crippen molar-refractivity contribution < 1.29 is 19.5 Å². The molecule has 1 amide bonds. The maximum atomic E-state index is 13.4. The zero-order valence-electron chi connectivity index (χ0n) is 23.3. The van der Waals surface area contributed by atoms with Gasteiger partial charge >= 0.3 is 5.97 Å². The Bertz CT molecular complexity index is 1490. The molecular formula is C33H34N4O4. The molecule has 2 aliphatic rings. The quantitative estimate of drug-likeness (QED) is 0.304. The number of azo groups is 1. The standard InChI is InChI=1S/C33H34N4O4/c1-2-3-9-30(39)37(33(32(40)41)18-16-27(38)17-19-33)21-23-10-12-25(13-11-23)29-20-26(24-7-5-4-6-8-24)14-15-28(29)31-34-22-35-36-31/h4-8,10-15,20H,2-3,9,16-19,21-22H2,1H3,(H,40,41). The number of carbonyl (C=O) groups is 3. The minimum Gasteiger partial charge on any atom is -0.479 e. The van der Waals surface area contributed by atoms with Gasteiger partial charge in [0.15, 0.2) is 12.5 Å². The number of ketones is 1. The summed E-state index contributed by atoms with van der Waals surface area (Å²) in [6.07, 6.45) is 2.43. The molecule has 3 aromatic carbocycles. The van der Waals surface area contributed by atoms with Crippen LogP contribution in [0.5, 0.6) is 0 Å². The molecule has 0 bridgehead atoms. The van der Waals surface area contributed by atoms with E-state index in [9.17, 15) is 19.5 Å². The van der Waals surface area contributed by atoms with Gasteiger partial charge in [-0.05, 0) is 59.2 Å². The summed E-state index contributed by atoms with van der Waals surface area (Å²) in [5.74, 6) is -0.589. The first-order chi connectivity index (χ1) is 19.9. The summed E-state index contributed by atoms with van der Waals surface area (Å²) in [7, 11) is 0. The smallest absolute Gasteiger partial charge is 0.329 e. The highest BCUT2D eigenvalue weighted by Gasteiger charge is 2.48. The topological polar surface area (TPSA) is 112 Å². The monoisotopic (exact) mass is 550 g/mol. The van der Waals surface area contributed by atoms with Gasteiger partial charge < -0.3 is 10.0 Å². The SMILES string of the molecule is CCCCC(=O)N(Cc1ccc(-c2cc(-c3ccccc3)ccc2C2=NCN=N2)cc1)C1(C(=O)O)CCC(=O)CC1. The maximum absolute atomic E-state index is 13.4. The summed E-state index contributed by atoms with van der Waals surface area (Å²) in [5, 5.41) is 18.6. The molecule has 0 aromatic heterocycles. The van der Waals surface area contributed by atoms with E-state index in [1.807, 2.05) is 55.5 Å². The van der Waals surface area contributed by atoms with Crippen molar-refractivity contribution in [3.8, 4) is 22.3 Å². The lowest BCUT2D eigenvalue weighted by atomic mass is 9.79. The zero-order valence-corrected chi connectivity index (χ0v) is 23.3. The number of Topliss-reactive ketones (excluding diaryl/α,β-unsaturated/α-hetero) is 1. The highest BCUT2D eigenvalue weighted by molar-refractivity contribution is 6.06. The minimum absolute atomic E-state index is 0.0483. The fraction of sp³-hybridized carbons (Fsp3) is 0.333. The third-order valence-corrected chi connectivity index (χ3v) is 8.02. The van der Waals surface area contributed by atoms with Gasteiger partial charge in [0.05, 0.1) is 0 Å². The van der Waals surface area contributed by atoms with E-state index in [0.717, 1.165) is 39.8 Å². The van der Waals surface area contributed by atoms with Crippen molar-refractivity contribution in [1.82, 2.24) is 4.90 Å². The van der Waals surface area contributed by atoms with E-state index in [0.29, 0.717) is 18.9 Å². The molecule has 0 atom stereocenters. The Balaban J connectivity index is 1.48. The van der Waals surface area contributed by atoms with E-state index in [4.69, 9.17) is 0 Å². The number of carbonyl (C=O) groups excluding carboxylic acids is 2. The van der Waals surface area contributed by atoms with Gasteiger partial charge in [0.25, 0.3) is 0 Å². The Kier molecular flexibility index (Phi) is 8.47. The Labute approximate surface area is 239 Å². The largest absolute Gasteiger partial charge is 0.479 e. The molecule has 1 aliphatic carbocycles. The van der Waals surface area contributed by atoms with Crippen LogP contribution in [0.1, 0.15) is 63.0 Å². The Morgan fingerprint density at radius 1 is 0.902 bits per heavy atom. The number of aliphatic imine (C=N–C) groups is 1. The van der Waals surface area contributed by atoms with Crippen LogP contribution >= 0.6 is 0 Å². The lowest BCUT2D eigenvalue weighted by molar-refractivity contribution is -0.164. The van der Waals surface area contributed by atoms with Crippen molar-refractivity contribution in [3.05, 3.63) is 83.9 Å². The number of carboxylic acids is 1. The summed E-state index contributed by atoms with van der Waals surface area (Å²) >= 11 is 0. The molecule has 5 rings (SSSR count). The van der Waals surface area contributed by atoms with Gasteiger partial charge in [0.2, 0.25) is 5.91 Å². The summed E-state index contributed by atoms with van der Waals surface area (Å²) in [6, 6.07) is 24.2. The van der Waals surface area contributed by atoms with Crippen molar-refractivity contribution in [2.75, 3.05) is 6.67 Å². The predicted molar refractivity (Wildman–Crippen MR) is 157 cm³/mol. The number of nitrogens with zero attached hydrogens (tertiary/aromatic N) is 4. The highest BCUT2D eigenvalue weighted by atomic mass is 16.4. The molecule has 1 N–H and O–H groups in total. The second-order valence-electron chi connectivity index (χ2n) is 10.6. The minimum atomic E-state index is -1.37. The Morgan fingerprint density at radius 2 is 1.61 bits per heavy atom. The number of hydrogen-bond acceptors (Lipinski definition) is 6. The number of unbranched alkanes of at least 4 members (excludes halogenated alkanes) is 1. The van der Waals surface area contributed by atoms with E-state index in [1.54, 1.807) is 0 Å². The van der Waals surface area contributed by atoms with E-state index in [-0.39, 0.29) is 50.3 Å². The number of aliphatic carboxylic acids is 1. The fourth-order valence-corrected chi connectivity index (χ4v) is 5.61. The molecular weight excluding hydrogens is 516 g/mol. The van der Waals surface area contributed by atoms with Crippen LogP contribution in [0.4, 0.5) is 0 Å². The molecule has 3 aromatic rings. The van der Waals surface area contributed by atoms with Crippen LogP contribution in [0.25, 0.3) is 22.3 Å². The third-order valence-electron chi connectivity index (χ3n) is 8.02. The van der Waals surface area contributed by atoms with Crippen LogP contribution in [-0.2, 0) is 20.9 Å². The van der Waals surface area contributed by atoms with Crippen LogP contribution in [0.15, 0.2) is 88.0 Å². The average molecular weight is 551 g/mol. The first-order valence-corrected chi connectivity index (χ1v) is 14.2. The van der Waals surface area contributed by atoms with Crippen molar-refractivity contribution >= 4 is 23.5 Å². The molecule has 0 unspecified atom stereocenters. The van der Waals surface area contributed by atoms with Gasteiger partial charge in [-0.25, -0.2) is 9.79 Å². The summed E-state index contributed by atoms with van der Waals surface area (Å²) in [6.45, 7) is 2.48. The third kappa shape index (κ3) is 6.01. The second kappa shape index (κ2) is 12.4. The van der Waals surface area contributed by atoms with Gasteiger partial charge in [0, 0.05) is 31.4 Å². The molecule has 1 fully saturated rings.